The predicted octanol–water partition coefficient (Wildman–Crippen LogP) is 5.01. The number of rotatable bonds is 3. The first-order chi connectivity index (χ1) is 11.7. The highest BCUT2D eigenvalue weighted by atomic mass is 16.4. The summed E-state index contributed by atoms with van der Waals surface area (Å²) < 4.78 is 0. The Balaban J connectivity index is 1.86. The molecule has 0 amide bonds. The minimum atomic E-state index is -0.929. The van der Waals surface area contributed by atoms with Crippen molar-refractivity contribution in [1.82, 2.24) is 0 Å². The largest absolute Gasteiger partial charge is 0.478 e. The van der Waals surface area contributed by atoms with E-state index < -0.39 is 5.97 Å². The Kier molecular flexibility index (Phi) is 4.15. The number of carbonyl (C=O) groups is 1. The predicted molar refractivity (Wildman–Crippen MR) is 102 cm³/mol. The van der Waals surface area contributed by atoms with E-state index in [4.69, 9.17) is 5.11 Å². The SMILES string of the molecule is CC1(C)CC(C)(C)c2ccc(C=Nc3ccc(C(=O)O)cc3)cc2N1. The lowest BCUT2D eigenvalue weighted by Crippen LogP contribution is -2.43. The average Bonchev–Trinajstić information content (AvgIpc) is 2.51. The van der Waals surface area contributed by atoms with Crippen LogP contribution in [0, 0.1) is 0 Å². The van der Waals surface area contributed by atoms with Gasteiger partial charge in [-0.1, -0.05) is 26.0 Å². The topological polar surface area (TPSA) is 61.7 Å². The van der Waals surface area contributed by atoms with Gasteiger partial charge in [0, 0.05) is 17.4 Å². The fraction of sp³-hybridized carbons (Fsp3) is 0.333. The highest BCUT2D eigenvalue weighted by Crippen LogP contribution is 2.43. The molecule has 0 bridgehead atoms. The van der Waals surface area contributed by atoms with Crippen LogP contribution in [0.4, 0.5) is 11.4 Å². The number of hydrogen-bond acceptors (Lipinski definition) is 3. The first-order valence-corrected chi connectivity index (χ1v) is 8.46. The number of aliphatic imine (C=N–C) groups is 1. The summed E-state index contributed by atoms with van der Waals surface area (Å²) in [5, 5.41) is 12.6. The Morgan fingerprint density at radius 3 is 2.44 bits per heavy atom. The minimum absolute atomic E-state index is 0.0545. The van der Waals surface area contributed by atoms with Crippen molar-refractivity contribution in [3.8, 4) is 0 Å². The highest BCUT2D eigenvalue weighted by Gasteiger charge is 2.36. The van der Waals surface area contributed by atoms with E-state index in [0.717, 1.165) is 23.4 Å². The Morgan fingerprint density at radius 1 is 1.12 bits per heavy atom. The second kappa shape index (κ2) is 6.03. The summed E-state index contributed by atoms with van der Waals surface area (Å²) in [5.74, 6) is -0.929. The molecule has 1 aliphatic rings. The Labute approximate surface area is 148 Å². The zero-order valence-corrected chi connectivity index (χ0v) is 15.1. The van der Waals surface area contributed by atoms with Crippen molar-refractivity contribution in [2.45, 2.75) is 45.1 Å². The van der Waals surface area contributed by atoms with Gasteiger partial charge in [0.25, 0.3) is 0 Å². The van der Waals surface area contributed by atoms with Crippen LogP contribution in [-0.2, 0) is 5.41 Å². The van der Waals surface area contributed by atoms with Crippen LogP contribution < -0.4 is 5.32 Å². The van der Waals surface area contributed by atoms with Gasteiger partial charge in [0.15, 0.2) is 0 Å². The molecule has 4 heteroatoms. The van der Waals surface area contributed by atoms with Gasteiger partial charge in [-0.2, -0.15) is 0 Å². The van der Waals surface area contributed by atoms with Crippen molar-refractivity contribution in [3.63, 3.8) is 0 Å². The molecule has 0 radical (unpaired) electrons. The number of carboxylic acid groups (broad SMARTS) is 1. The summed E-state index contributed by atoms with van der Waals surface area (Å²) in [4.78, 5) is 15.3. The standard InChI is InChI=1S/C21H24N2O2/c1-20(2)13-21(3,4)23-18-11-14(5-10-17(18)20)12-22-16-8-6-15(7-9-16)19(24)25/h5-12,23H,13H2,1-4H3,(H,24,25). The van der Waals surface area contributed by atoms with Crippen LogP contribution in [0.1, 0.15) is 55.6 Å². The molecule has 4 nitrogen and oxygen atoms in total. The molecule has 1 aliphatic heterocycles. The van der Waals surface area contributed by atoms with Crippen molar-refractivity contribution >= 4 is 23.6 Å². The van der Waals surface area contributed by atoms with Gasteiger partial charge < -0.3 is 10.4 Å². The van der Waals surface area contributed by atoms with E-state index in [2.05, 4.69) is 56.2 Å². The van der Waals surface area contributed by atoms with E-state index >= 15 is 0 Å². The second-order valence-electron chi connectivity index (χ2n) is 7.98. The number of aromatic carboxylic acids is 1. The van der Waals surface area contributed by atoms with Crippen LogP contribution in [-0.4, -0.2) is 22.8 Å². The molecular formula is C21H24N2O2. The smallest absolute Gasteiger partial charge is 0.335 e. The molecule has 2 aromatic carbocycles. The molecule has 0 fully saturated rings. The third-order valence-electron chi connectivity index (χ3n) is 4.61. The lowest BCUT2D eigenvalue weighted by molar-refractivity contribution is 0.0697. The van der Waals surface area contributed by atoms with Crippen LogP contribution in [0.5, 0.6) is 0 Å². The lowest BCUT2D eigenvalue weighted by atomic mass is 9.71. The average molecular weight is 336 g/mol. The molecule has 0 unspecified atom stereocenters. The molecule has 0 saturated carbocycles. The first-order valence-electron chi connectivity index (χ1n) is 8.46. The molecule has 3 rings (SSSR count). The molecular weight excluding hydrogens is 312 g/mol. The monoisotopic (exact) mass is 336 g/mol. The molecule has 0 atom stereocenters. The van der Waals surface area contributed by atoms with Gasteiger partial charge in [0.2, 0.25) is 0 Å². The Morgan fingerprint density at radius 2 is 1.80 bits per heavy atom. The van der Waals surface area contributed by atoms with E-state index in [1.165, 1.54) is 5.56 Å². The van der Waals surface area contributed by atoms with E-state index in [1.807, 2.05) is 6.21 Å². The highest BCUT2D eigenvalue weighted by molar-refractivity contribution is 5.88. The molecule has 0 spiro atoms. The maximum absolute atomic E-state index is 10.9. The van der Waals surface area contributed by atoms with Gasteiger partial charge in [-0.15, -0.1) is 0 Å². The van der Waals surface area contributed by atoms with Gasteiger partial charge in [0.1, 0.15) is 0 Å². The number of carboxylic acids is 1. The van der Waals surface area contributed by atoms with E-state index in [9.17, 15) is 4.79 Å². The van der Waals surface area contributed by atoms with Crippen molar-refractivity contribution in [2.75, 3.05) is 5.32 Å². The molecule has 1 heterocycles. The first kappa shape index (κ1) is 17.2. The van der Waals surface area contributed by atoms with E-state index in [1.54, 1.807) is 24.3 Å². The number of benzene rings is 2. The third-order valence-corrected chi connectivity index (χ3v) is 4.61. The number of nitrogens with zero attached hydrogens (tertiary/aromatic N) is 1. The third kappa shape index (κ3) is 3.73. The summed E-state index contributed by atoms with van der Waals surface area (Å²) in [6.45, 7) is 9.02. The van der Waals surface area contributed by atoms with E-state index in [-0.39, 0.29) is 16.5 Å². The molecule has 0 saturated heterocycles. The summed E-state index contributed by atoms with van der Waals surface area (Å²) in [7, 11) is 0. The van der Waals surface area contributed by atoms with Crippen LogP contribution in [0.25, 0.3) is 0 Å². The zero-order valence-electron chi connectivity index (χ0n) is 15.1. The second-order valence-corrected chi connectivity index (χ2v) is 7.98. The van der Waals surface area contributed by atoms with Crippen LogP contribution >= 0.6 is 0 Å². The molecule has 2 N–H and O–H groups in total. The van der Waals surface area contributed by atoms with Gasteiger partial charge in [-0.3, -0.25) is 4.99 Å². The maximum atomic E-state index is 10.9. The minimum Gasteiger partial charge on any atom is -0.478 e. The molecule has 130 valence electrons. The fourth-order valence-electron chi connectivity index (χ4n) is 3.78. The number of fused-ring (bicyclic) bond motifs is 1. The molecule has 25 heavy (non-hydrogen) atoms. The number of anilines is 1. The van der Waals surface area contributed by atoms with Crippen molar-refractivity contribution in [3.05, 3.63) is 59.2 Å². The van der Waals surface area contributed by atoms with Gasteiger partial charge in [-0.05, 0) is 67.1 Å². The van der Waals surface area contributed by atoms with Crippen molar-refractivity contribution in [1.29, 1.82) is 0 Å². The quantitative estimate of drug-likeness (QED) is 0.775. The van der Waals surface area contributed by atoms with Crippen LogP contribution in [0.3, 0.4) is 0 Å². The Bertz CT molecular complexity index is 833. The van der Waals surface area contributed by atoms with Gasteiger partial charge >= 0.3 is 5.97 Å². The molecule has 2 aromatic rings. The van der Waals surface area contributed by atoms with Crippen LogP contribution in [0.2, 0.25) is 0 Å². The van der Waals surface area contributed by atoms with Crippen molar-refractivity contribution in [2.24, 2.45) is 4.99 Å². The lowest BCUT2D eigenvalue weighted by Gasteiger charge is -2.43. The summed E-state index contributed by atoms with van der Waals surface area (Å²) in [5.41, 5.74) is 4.69. The van der Waals surface area contributed by atoms with Gasteiger partial charge in [0.05, 0.1) is 11.3 Å². The molecule has 0 aliphatic carbocycles. The fourth-order valence-corrected chi connectivity index (χ4v) is 3.78. The van der Waals surface area contributed by atoms with Gasteiger partial charge in [-0.25, -0.2) is 4.79 Å². The summed E-state index contributed by atoms with van der Waals surface area (Å²) in [6, 6.07) is 12.9. The van der Waals surface area contributed by atoms with Crippen LogP contribution in [0.15, 0.2) is 47.5 Å². The normalized spacial score (nSPS) is 17.8. The zero-order chi connectivity index (χ0) is 18.2. The summed E-state index contributed by atoms with van der Waals surface area (Å²) in [6.07, 6.45) is 2.89. The van der Waals surface area contributed by atoms with E-state index in [0.29, 0.717) is 0 Å². The number of hydrogen-bond donors (Lipinski definition) is 2. The summed E-state index contributed by atoms with van der Waals surface area (Å²) >= 11 is 0. The van der Waals surface area contributed by atoms with Crippen molar-refractivity contribution < 1.29 is 9.90 Å². The molecule has 0 aromatic heterocycles. The number of nitrogens with one attached hydrogen (secondary N) is 1. The maximum Gasteiger partial charge on any atom is 0.335 e. The Hall–Kier alpha value is -2.62.